The molecule has 0 unspecified atom stereocenters. The van der Waals surface area contributed by atoms with E-state index in [0.717, 1.165) is 6.07 Å². The van der Waals surface area contributed by atoms with Gasteiger partial charge in [0.1, 0.15) is 5.82 Å². The van der Waals surface area contributed by atoms with Crippen LogP contribution in [0.15, 0.2) is 42.5 Å². The second-order valence-corrected chi connectivity index (χ2v) is 4.22. The van der Waals surface area contributed by atoms with Gasteiger partial charge in [-0.1, -0.05) is 29.8 Å². The summed E-state index contributed by atoms with van der Waals surface area (Å²) in [5, 5.41) is 8.84. The van der Waals surface area contributed by atoms with E-state index in [1.165, 1.54) is 30.3 Å². The first-order valence-electron chi connectivity index (χ1n) is 5.33. The number of carbonyl (C=O) groups is 2. The van der Waals surface area contributed by atoms with E-state index in [-0.39, 0.29) is 21.7 Å². The molecule has 0 saturated carbocycles. The predicted molar refractivity (Wildman–Crippen MR) is 68.2 cm³/mol. The molecule has 0 fully saturated rings. The van der Waals surface area contributed by atoms with Gasteiger partial charge in [0.25, 0.3) is 0 Å². The summed E-state index contributed by atoms with van der Waals surface area (Å²) in [6.45, 7) is 0. The van der Waals surface area contributed by atoms with Crippen molar-refractivity contribution in [3.63, 3.8) is 0 Å². The fourth-order valence-corrected chi connectivity index (χ4v) is 1.84. The summed E-state index contributed by atoms with van der Waals surface area (Å²) in [6, 6.07) is 9.34. The van der Waals surface area contributed by atoms with Gasteiger partial charge in [-0.15, -0.1) is 0 Å². The molecule has 19 heavy (non-hydrogen) atoms. The molecule has 0 bridgehead atoms. The van der Waals surface area contributed by atoms with Crippen LogP contribution in [0.3, 0.4) is 0 Å². The zero-order valence-electron chi connectivity index (χ0n) is 9.56. The first-order chi connectivity index (χ1) is 9.00. The van der Waals surface area contributed by atoms with Gasteiger partial charge in [-0.2, -0.15) is 0 Å². The van der Waals surface area contributed by atoms with Crippen molar-refractivity contribution >= 4 is 23.4 Å². The van der Waals surface area contributed by atoms with Crippen LogP contribution in [-0.2, 0) is 0 Å². The van der Waals surface area contributed by atoms with Crippen LogP contribution < -0.4 is 0 Å². The number of rotatable bonds is 3. The Labute approximate surface area is 113 Å². The van der Waals surface area contributed by atoms with Gasteiger partial charge in [-0.3, -0.25) is 4.79 Å². The predicted octanol–water partition coefficient (Wildman–Crippen LogP) is 3.41. The Bertz CT molecular complexity index is 667. The average molecular weight is 279 g/mol. The molecule has 2 aromatic carbocycles. The Balaban J connectivity index is 2.50. The maximum atomic E-state index is 13.0. The van der Waals surface area contributed by atoms with Gasteiger partial charge in [0, 0.05) is 11.1 Å². The highest BCUT2D eigenvalue weighted by molar-refractivity contribution is 6.31. The number of hydrogen-bond donors (Lipinski definition) is 1. The van der Waals surface area contributed by atoms with Crippen molar-refractivity contribution in [2.24, 2.45) is 0 Å². The van der Waals surface area contributed by atoms with Crippen molar-refractivity contribution < 1.29 is 19.1 Å². The molecule has 0 amide bonds. The summed E-state index contributed by atoms with van der Waals surface area (Å²) >= 11 is 5.60. The zero-order valence-corrected chi connectivity index (χ0v) is 10.3. The molecule has 0 aliphatic carbocycles. The van der Waals surface area contributed by atoms with Crippen molar-refractivity contribution in [2.45, 2.75) is 0 Å². The second kappa shape index (κ2) is 5.20. The molecule has 0 atom stereocenters. The van der Waals surface area contributed by atoms with Crippen LogP contribution in [0.2, 0.25) is 5.02 Å². The lowest BCUT2D eigenvalue weighted by Gasteiger charge is -2.05. The number of halogens is 2. The standard InChI is InChI=1S/C14H8ClFO3/c15-11-7-8(5-6-12(11)16)13(17)9-3-1-2-4-10(9)14(18)19/h1-7H,(H,18,19). The number of carboxylic acid groups (broad SMARTS) is 1. The van der Waals surface area contributed by atoms with Crippen LogP contribution in [-0.4, -0.2) is 16.9 Å². The summed E-state index contributed by atoms with van der Waals surface area (Å²) in [7, 11) is 0. The van der Waals surface area contributed by atoms with Crippen molar-refractivity contribution in [3.05, 3.63) is 70.0 Å². The van der Waals surface area contributed by atoms with Crippen molar-refractivity contribution in [2.75, 3.05) is 0 Å². The van der Waals surface area contributed by atoms with E-state index in [9.17, 15) is 14.0 Å². The van der Waals surface area contributed by atoms with E-state index in [1.807, 2.05) is 0 Å². The molecule has 1 N–H and O–H groups in total. The van der Waals surface area contributed by atoms with Crippen LogP contribution in [0.1, 0.15) is 26.3 Å². The van der Waals surface area contributed by atoms with Crippen LogP contribution in [0.5, 0.6) is 0 Å². The number of aromatic carboxylic acids is 1. The number of hydrogen-bond acceptors (Lipinski definition) is 2. The molecule has 5 heteroatoms. The Morgan fingerprint density at radius 3 is 2.26 bits per heavy atom. The van der Waals surface area contributed by atoms with E-state index in [2.05, 4.69) is 0 Å². The van der Waals surface area contributed by atoms with Gasteiger partial charge in [0.2, 0.25) is 0 Å². The minimum atomic E-state index is -1.20. The van der Waals surface area contributed by atoms with Gasteiger partial charge in [0.15, 0.2) is 5.78 Å². The average Bonchev–Trinajstić information content (AvgIpc) is 2.41. The highest BCUT2D eigenvalue weighted by Gasteiger charge is 2.18. The first-order valence-corrected chi connectivity index (χ1v) is 5.70. The van der Waals surface area contributed by atoms with E-state index < -0.39 is 17.6 Å². The third kappa shape index (κ3) is 2.63. The van der Waals surface area contributed by atoms with Crippen LogP contribution in [0.4, 0.5) is 4.39 Å². The lowest BCUT2D eigenvalue weighted by Crippen LogP contribution is -2.09. The minimum Gasteiger partial charge on any atom is -0.478 e. The maximum Gasteiger partial charge on any atom is 0.336 e. The monoisotopic (exact) mass is 278 g/mol. The molecule has 2 aromatic rings. The number of ketones is 1. The third-order valence-electron chi connectivity index (χ3n) is 2.58. The summed E-state index contributed by atoms with van der Waals surface area (Å²) in [6.07, 6.45) is 0. The topological polar surface area (TPSA) is 54.4 Å². The van der Waals surface area contributed by atoms with Crippen LogP contribution in [0.25, 0.3) is 0 Å². The van der Waals surface area contributed by atoms with E-state index in [4.69, 9.17) is 16.7 Å². The molecule has 0 saturated heterocycles. The maximum absolute atomic E-state index is 13.0. The van der Waals surface area contributed by atoms with Gasteiger partial charge in [-0.25, -0.2) is 9.18 Å². The molecule has 0 spiro atoms. The smallest absolute Gasteiger partial charge is 0.336 e. The van der Waals surface area contributed by atoms with E-state index in [0.29, 0.717) is 0 Å². The van der Waals surface area contributed by atoms with E-state index >= 15 is 0 Å². The molecule has 3 nitrogen and oxygen atoms in total. The normalized spacial score (nSPS) is 10.2. The summed E-state index contributed by atoms with van der Waals surface area (Å²) in [4.78, 5) is 23.2. The van der Waals surface area contributed by atoms with Gasteiger partial charge < -0.3 is 5.11 Å². The Hall–Kier alpha value is -2.20. The van der Waals surface area contributed by atoms with Crippen molar-refractivity contribution in [1.82, 2.24) is 0 Å². The van der Waals surface area contributed by atoms with E-state index in [1.54, 1.807) is 6.07 Å². The molecule has 2 rings (SSSR count). The SMILES string of the molecule is O=C(O)c1ccccc1C(=O)c1ccc(F)c(Cl)c1. The molecule has 0 aliphatic heterocycles. The molecule has 96 valence electrons. The zero-order chi connectivity index (χ0) is 14.0. The summed E-state index contributed by atoms with van der Waals surface area (Å²) in [5.41, 5.74) is 0.0747. The molecule has 0 aromatic heterocycles. The number of carbonyl (C=O) groups excluding carboxylic acids is 1. The number of benzene rings is 2. The summed E-state index contributed by atoms with van der Waals surface area (Å²) < 4.78 is 13.0. The highest BCUT2D eigenvalue weighted by Crippen LogP contribution is 2.20. The lowest BCUT2D eigenvalue weighted by molar-refractivity contribution is 0.0693. The van der Waals surface area contributed by atoms with Gasteiger partial charge >= 0.3 is 5.97 Å². The van der Waals surface area contributed by atoms with Crippen LogP contribution in [0, 0.1) is 5.82 Å². The fraction of sp³-hybridized carbons (Fsp3) is 0. The second-order valence-electron chi connectivity index (χ2n) is 3.81. The van der Waals surface area contributed by atoms with Crippen molar-refractivity contribution in [3.8, 4) is 0 Å². The number of carboxylic acids is 1. The van der Waals surface area contributed by atoms with Gasteiger partial charge in [-0.05, 0) is 24.3 Å². The quantitative estimate of drug-likeness (QED) is 0.876. The first kappa shape index (κ1) is 13.2. The molecular weight excluding hydrogens is 271 g/mol. The van der Waals surface area contributed by atoms with Crippen LogP contribution >= 0.6 is 11.6 Å². The molecule has 0 radical (unpaired) electrons. The van der Waals surface area contributed by atoms with Gasteiger partial charge in [0.05, 0.1) is 10.6 Å². The third-order valence-corrected chi connectivity index (χ3v) is 2.87. The summed E-state index contributed by atoms with van der Waals surface area (Å²) in [5.74, 6) is -2.35. The highest BCUT2D eigenvalue weighted by atomic mass is 35.5. The minimum absolute atomic E-state index is 0.0395. The Morgan fingerprint density at radius 1 is 1.05 bits per heavy atom. The lowest BCUT2D eigenvalue weighted by atomic mass is 9.98. The Morgan fingerprint density at radius 2 is 1.68 bits per heavy atom. The molecular formula is C14H8ClFO3. The Kier molecular flexibility index (Phi) is 3.62. The fourth-order valence-electron chi connectivity index (χ4n) is 1.66. The largest absolute Gasteiger partial charge is 0.478 e. The molecule has 0 aliphatic rings. The van der Waals surface area contributed by atoms with Crippen molar-refractivity contribution in [1.29, 1.82) is 0 Å². The molecule has 0 heterocycles.